The first-order valence-corrected chi connectivity index (χ1v) is 8.58. The lowest BCUT2D eigenvalue weighted by molar-refractivity contribution is -0.140. The van der Waals surface area contributed by atoms with E-state index in [0.717, 1.165) is 25.0 Å². The fourth-order valence-electron chi connectivity index (χ4n) is 3.29. The number of methoxy groups -OCH3 is 1. The van der Waals surface area contributed by atoms with Crippen molar-refractivity contribution in [2.75, 3.05) is 7.11 Å². The highest BCUT2D eigenvalue weighted by Gasteiger charge is 2.28. The summed E-state index contributed by atoms with van der Waals surface area (Å²) in [6.45, 7) is 2.23. The zero-order chi connectivity index (χ0) is 15.8. The van der Waals surface area contributed by atoms with E-state index < -0.39 is 0 Å². The average molecular weight is 304 g/mol. The number of esters is 1. The van der Waals surface area contributed by atoms with Gasteiger partial charge in [-0.25, -0.2) is 0 Å². The largest absolute Gasteiger partial charge is 0.497 e. The van der Waals surface area contributed by atoms with Gasteiger partial charge in [-0.05, 0) is 43.0 Å². The molecule has 0 aromatic heterocycles. The second-order valence-corrected chi connectivity index (χ2v) is 6.32. The summed E-state index contributed by atoms with van der Waals surface area (Å²) in [6.07, 6.45) is 9.52. The number of rotatable bonds is 7. The molecule has 2 atom stereocenters. The second-order valence-electron chi connectivity index (χ2n) is 6.32. The molecule has 1 aromatic rings. The van der Waals surface area contributed by atoms with E-state index in [4.69, 9.17) is 9.47 Å². The minimum absolute atomic E-state index is 0.0645. The molecule has 0 heterocycles. The standard InChI is InChI=1S/C19H28O3/c1-3-4-5-7-15-8-6-9-16(14-15)19(20)22-18-12-10-17(21-2)11-13-18/h10-13,15-16H,3-9,14H2,1-2H3/t15-,16-/m1/s1. The lowest BCUT2D eigenvalue weighted by Gasteiger charge is -2.27. The Morgan fingerprint density at radius 1 is 1.14 bits per heavy atom. The van der Waals surface area contributed by atoms with Crippen LogP contribution in [-0.4, -0.2) is 13.1 Å². The lowest BCUT2D eigenvalue weighted by Crippen LogP contribution is -2.26. The van der Waals surface area contributed by atoms with Gasteiger partial charge in [-0.1, -0.05) is 45.4 Å². The number of carbonyl (C=O) groups is 1. The highest BCUT2D eigenvalue weighted by atomic mass is 16.5. The third-order valence-electron chi connectivity index (χ3n) is 4.61. The van der Waals surface area contributed by atoms with Crippen LogP contribution in [0.1, 0.15) is 58.3 Å². The van der Waals surface area contributed by atoms with Crippen molar-refractivity contribution in [3.63, 3.8) is 0 Å². The van der Waals surface area contributed by atoms with Crippen LogP contribution >= 0.6 is 0 Å². The molecule has 0 N–H and O–H groups in total. The fourth-order valence-corrected chi connectivity index (χ4v) is 3.29. The number of benzene rings is 1. The molecule has 3 nitrogen and oxygen atoms in total. The maximum absolute atomic E-state index is 12.3. The Hall–Kier alpha value is -1.51. The Bertz CT molecular complexity index is 452. The molecule has 1 aliphatic carbocycles. The van der Waals surface area contributed by atoms with Crippen LogP contribution < -0.4 is 9.47 Å². The molecular weight excluding hydrogens is 276 g/mol. The molecule has 0 saturated heterocycles. The van der Waals surface area contributed by atoms with Crippen molar-refractivity contribution < 1.29 is 14.3 Å². The van der Waals surface area contributed by atoms with E-state index in [1.165, 1.54) is 32.1 Å². The van der Waals surface area contributed by atoms with Gasteiger partial charge >= 0.3 is 5.97 Å². The van der Waals surface area contributed by atoms with Crippen molar-refractivity contribution >= 4 is 5.97 Å². The van der Waals surface area contributed by atoms with Gasteiger partial charge in [0, 0.05) is 0 Å². The third kappa shape index (κ3) is 5.04. The topological polar surface area (TPSA) is 35.5 Å². The van der Waals surface area contributed by atoms with Gasteiger partial charge in [0.1, 0.15) is 11.5 Å². The summed E-state index contributed by atoms with van der Waals surface area (Å²) < 4.78 is 10.6. The van der Waals surface area contributed by atoms with Gasteiger partial charge in [0.15, 0.2) is 0 Å². The van der Waals surface area contributed by atoms with Crippen molar-refractivity contribution in [2.45, 2.75) is 58.3 Å². The number of ether oxygens (including phenoxy) is 2. The summed E-state index contributed by atoms with van der Waals surface area (Å²) in [5.74, 6) is 2.09. The maximum Gasteiger partial charge on any atom is 0.314 e. The summed E-state index contributed by atoms with van der Waals surface area (Å²) in [5, 5.41) is 0. The van der Waals surface area contributed by atoms with Crippen LogP contribution in [0, 0.1) is 11.8 Å². The molecule has 0 amide bonds. The molecule has 0 unspecified atom stereocenters. The van der Waals surface area contributed by atoms with Crippen LogP contribution in [0.15, 0.2) is 24.3 Å². The predicted molar refractivity (Wildman–Crippen MR) is 88.2 cm³/mol. The molecule has 1 saturated carbocycles. The molecule has 0 spiro atoms. The smallest absolute Gasteiger partial charge is 0.314 e. The zero-order valence-electron chi connectivity index (χ0n) is 13.8. The van der Waals surface area contributed by atoms with Gasteiger partial charge in [0.25, 0.3) is 0 Å². The molecule has 0 bridgehead atoms. The van der Waals surface area contributed by atoms with Crippen molar-refractivity contribution in [1.82, 2.24) is 0 Å². The summed E-state index contributed by atoms with van der Waals surface area (Å²) in [4.78, 5) is 12.3. The van der Waals surface area contributed by atoms with Crippen LogP contribution in [0.4, 0.5) is 0 Å². The summed E-state index contributed by atoms with van der Waals surface area (Å²) in [5.41, 5.74) is 0. The molecule has 3 heteroatoms. The Morgan fingerprint density at radius 3 is 2.55 bits per heavy atom. The van der Waals surface area contributed by atoms with E-state index in [9.17, 15) is 4.79 Å². The van der Waals surface area contributed by atoms with E-state index >= 15 is 0 Å². The van der Waals surface area contributed by atoms with Crippen LogP contribution in [0.2, 0.25) is 0 Å². The molecule has 1 fully saturated rings. The number of carbonyl (C=O) groups excluding carboxylic acids is 1. The molecule has 0 aliphatic heterocycles. The van der Waals surface area contributed by atoms with Gasteiger partial charge in [-0.15, -0.1) is 0 Å². The summed E-state index contributed by atoms with van der Waals surface area (Å²) in [7, 11) is 1.63. The quantitative estimate of drug-likeness (QED) is 0.404. The molecule has 1 aliphatic rings. The minimum atomic E-state index is -0.0645. The van der Waals surface area contributed by atoms with Crippen LogP contribution in [0.3, 0.4) is 0 Å². The monoisotopic (exact) mass is 304 g/mol. The van der Waals surface area contributed by atoms with E-state index in [-0.39, 0.29) is 11.9 Å². The first-order chi connectivity index (χ1) is 10.7. The molecular formula is C19H28O3. The van der Waals surface area contributed by atoms with Gasteiger partial charge in [-0.3, -0.25) is 4.79 Å². The highest BCUT2D eigenvalue weighted by Crippen LogP contribution is 2.33. The van der Waals surface area contributed by atoms with Gasteiger partial charge in [0.05, 0.1) is 13.0 Å². The fraction of sp³-hybridized carbons (Fsp3) is 0.632. The van der Waals surface area contributed by atoms with E-state index in [1.54, 1.807) is 19.2 Å². The number of hydrogen-bond donors (Lipinski definition) is 0. The molecule has 122 valence electrons. The third-order valence-corrected chi connectivity index (χ3v) is 4.61. The Morgan fingerprint density at radius 2 is 1.86 bits per heavy atom. The average Bonchev–Trinajstić information content (AvgIpc) is 2.56. The SMILES string of the molecule is CCCCC[C@@H]1CCC[C@@H](C(=O)Oc2ccc(OC)cc2)C1. The minimum Gasteiger partial charge on any atom is -0.497 e. The summed E-state index contributed by atoms with van der Waals surface area (Å²) >= 11 is 0. The van der Waals surface area contributed by atoms with Crippen molar-refractivity contribution in [3.8, 4) is 11.5 Å². The van der Waals surface area contributed by atoms with E-state index in [1.807, 2.05) is 12.1 Å². The Kier molecular flexibility index (Phi) is 6.75. The highest BCUT2D eigenvalue weighted by molar-refractivity contribution is 5.75. The molecule has 0 radical (unpaired) electrons. The van der Waals surface area contributed by atoms with Gasteiger partial charge < -0.3 is 9.47 Å². The molecule has 2 rings (SSSR count). The van der Waals surface area contributed by atoms with Crippen LogP contribution in [0.5, 0.6) is 11.5 Å². The number of hydrogen-bond acceptors (Lipinski definition) is 3. The Balaban J connectivity index is 1.82. The van der Waals surface area contributed by atoms with E-state index in [0.29, 0.717) is 11.7 Å². The zero-order valence-corrected chi connectivity index (χ0v) is 13.8. The van der Waals surface area contributed by atoms with Crippen molar-refractivity contribution in [3.05, 3.63) is 24.3 Å². The normalized spacial score (nSPS) is 21.4. The van der Waals surface area contributed by atoms with E-state index in [2.05, 4.69) is 6.92 Å². The molecule has 22 heavy (non-hydrogen) atoms. The Labute approximate surface area is 134 Å². The first-order valence-electron chi connectivity index (χ1n) is 8.58. The summed E-state index contributed by atoms with van der Waals surface area (Å²) in [6, 6.07) is 7.21. The van der Waals surface area contributed by atoms with Crippen molar-refractivity contribution in [1.29, 1.82) is 0 Å². The lowest BCUT2D eigenvalue weighted by atomic mass is 9.79. The van der Waals surface area contributed by atoms with Crippen molar-refractivity contribution in [2.24, 2.45) is 11.8 Å². The van der Waals surface area contributed by atoms with Gasteiger partial charge in [-0.2, -0.15) is 0 Å². The first kappa shape index (κ1) is 16.9. The van der Waals surface area contributed by atoms with Crippen LogP contribution in [-0.2, 0) is 4.79 Å². The molecule has 1 aromatic carbocycles. The second kappa shape index (κ2) is 8.82. The predicted octanol–water partition coefficient (Wildman–Crippen LogP) is 4.99. The van der Waals surface area contributed by atoms with Crippen LogP contribution in [0.25, 0.3) is 0 Å². The van der Waals surface area contributed by atoms with Gasteiger partial charge in [0.2, 0.25) is 0 Å². The number of unbranched alkanes of at least 4 members (excludes halogenated alkanes) is 2. The maximum atomic E-state index is 12.3.